The van der Waals surface area contributed by atoms with Gasteiger partial charge in [-0.05, 0) is 55.9 Å². The van der Waals surface area contributed by atoms with Crippen molar-refractivity contribution in [1.82, 2.24) is 4.57 Å². The fourth-order valence-electron chi connectivity index (χ4n) is 4.73. The van der Waals surface area contributed by atoms with Crippen LogP contribution in [0.5, 0.6) is 0 Å². The summed E-state index contributed by atoms with van der Waals surface area (Å²) >= 11 is 0. The SMILES string of the molecule is O=C1CCCc2c1ccc(=O)n2CC1CC2CCC1C2. The van der Waals surface area contributed by atoms with Crippen LogP contribution in [0.2, 0.25) is 0 Å². The molecule has 3 nitrogen and oxygen atoms in total. The smallest absolute Gasteiger partial charge is 0.250 e. The molecular weight excluding hydrogens is 250 g/mol. The molecule has 0 spiro atoms. The van der Waals surface area contributed by atoms with E-state index in [-0.39, 0.29) is 11.3 Å². The largest absolute Gasteiger partial charge is 0.312 e. The number of rotatable bonds is 2. The lowest BCUT2D eigenvalue weighted by atomic mass is 9.88. The van der Waals surface area contributed by atoms with Gasteiger partial charge in [-0.25, -0.2) is 0 Å². The quantitative estimate of drug-likeness (QED) is 0.829. The van der Waals surface area contributed by atoms with E-state index >= 15 is 0 Å². The summed E-state index contributed by atoms with van der Waals surface area (Å²) in [6.07, 6.45) is 7.81. The van der Waals surface area contributed by atoms with Gasteiger partial charge in [-0.2, -0.15) is 0 Å². The molecule has 2 fully saturated rings. The standard InChI is InChI=1S/C17H21NO2/c19-16-3-1-2-15-14(16)6-7-17(20)18(15)10-13-9-11-4-5-12(13)8-11/h6-7,11-13H,1-5,8-10H2. The summed E-state index contributed by atoms with van der Waals surface area (Å²) in [6, 6.07) is 3.34. The lowest BCUT2D eigenvalue weighted by Crippen LogP contribution is -2.31. The van der Waals surface area contributed by atoms with E-state index in [0.29, 0.717) is 12.3 Å². The molecule has 2 bridgehead atoms. The van der Waals surface area contributed by atoms with E-state index < -0.39 is 0 Å². The third-order valence-corrected chi connectivity index (χ3v) is 5.71. The van der Waals surface area contributed by atoms with E-state index in [9.17, 15) is 9.59 Å². The van der Waals surface area contributed by atoms with Crippen LogP contribution >= 0.6 is 0 Å². The Hall–Kier alpha value is -1.38. The first-order valence-electron chi connectivity index (χ1n) is 7.98. The highest BCUT2D eigenvalue weighted by atomic mass is 16.1. The van der Waals surface area contributed by atoms with Gasteiger partial charge in [0.1, 0.15) is 0 Å². The number of carbonyl (C=O) groups is 1. The van der Waals surface area contributed by atoms with Gasteiger partial charge >= 0.3 is 0 Å². The number of carbonyl (C=O) groups excluding carboxylic acids is 1. The Morgan fingerprint density at radius 1 is 1.10 bits per heavy atom. The van der Waals surface area contributed by atoms with Crippen LogP contribution in [0.1, 0.15) is 54.6 Å². The highest BCUT2D eigenvalue weighted by molar-refractivity contribution is 5.97. The predicted octanol–water partition coefficient (Wildman–Crippen LogP) is 2.80. The molecule has 20 heavy (non-hydrogen) atoms. The number of pyridine rings is 1. The van der Waals surface area contributed by atoms with Crippen molar-refractivity contribution in [1.29, 1.82) is 0 Å². The second kappa shape index (κ2) is 4.57. The Labute approximate surface area is 119 Å². The van der Waals surface area contributed by atoms with Crippen LogP contribution in [0, 0.1) is 17.8 Å². The van der Waals surface area contributed by atoms with Crippen LogP contribution in [0.15, 0.2) is 16.9 Å². The maximum Gasteiger partial charge on any atom is 0.250 e. The van der Waals surface area contributed by atoms with Crippen molar-refractivity contribution < 1.29 is 4.79 Å². The summed E-state index contributed by atoms with van der Waals surface area (Å²) < 4.78 is 1.93. The average Bonchev–Trinajstić information content (AvgIpc) is 3.05. The number of fused-ring (bicyclic) bond motifs is 3. The maximum absolute atomic E-state index is 12.2. The van der Waals surface area contributed by atoms with Gasteiger partial charge in [-0.15, -0.1) is 0 Å². The molecule has 3 aliphatic rings. The second-order valence-electron chi connectivity index (χ2n) is 6.85. The summed E-state index contributed by atoms with van der Waals surface area (Å²) in [6.45, 7) is 0.844. The Morgan fingerprint density at radius 3 is 2.75 bits per heavy atom. The van der Waals surface area contributed by atoms with Gasteiger partial charge in [0, 0.05) is 30.3 Å². The highest BCUT2D eigenvalue weighted by Gasteiger charge is 2.39. The summed E-state index contributed by atoms with van der Waals surface area (Å²) in [5.74, 6) is 2.60. The molecule has 0 saturated heterocycles. The van der Waals surface area contributed by atoms with Crippen molar-refractivity contribution in [3.8, 4) is 0 Å². The van der Waals surface area contributed by atoms with Crippen molar-refractivity contribution in [2.45, 2.75) is 51.5 Å². The molecule has 2 saturated carbocycles. The summed E-state index contributed by atoms with van der Waals surface area (Å²) in [7, 11) is 0. The predicted molar refractivity (Wildman–Crippen MR) is 76.9 cm³/mol. The molecule has 1 heterocycles. The minimum atomic E-state index is 0.0845. The Kier molecular flexibility index (Phi) is 2.83. The molecule has 3 heteroatoms. The Balaban J connectivity index is 1.69. The van der Waals surface area contributed by atoms with E-state index in [1.54, 1.807) is 12.1 Å². The first kappa shape index (κ1) is 12.4. The number of aromatic nitrogens is 1. The number of hydrogen-bond acceptors (Lipinski definition) is 2. The van der Waals surface area contributed by atoms with E-state index in [2.05, 4.69) is 0 Å². The second-order valence-corrected chi connectivity index (χ2v) is 6.85. The fraction of sp³-hybridized carbons (Fsp3) is 0.647. The third-order valence-electron chi connectivity index (χ3n) is 5.71. The molecule has 0 radical (unpaired) electrons. The molecule has 1 aromatic rings. The highest BCUT2D eigenvalue weighted by Crippen LogP contribution is 2.48. The topological polar surface area (TPSA) is 39.1 Å². The van der Waals surface area contributed by atoms with Gasteiger partial charge in [0.2, 0.25) is 0 Å². The number of ketones is 1. The average molecular weight is 271 g/mol. The molecule has 3 aliphatic carbocycles. The molecular formula is C17H21NO2. The van der Waals surface area contributed by atoms with Gasteiger partial charge in [-0.1, -0.05) is 6.42 Å². The van der Waals surface area contributed by atoms with Crippen molar-refractivity contribution >= 4 is 5.78 Å². The van der Waals surface area contributed by atoms with E-state index in [1.807, 2.05) is 4.57 Å². The lowest BCUT2D eigenvalue weighted by Gasteiger charge is -2.26. The van der Waals surface area contributed by atoms with Gasteiger partial charge in [0.05, 0.1) is 0 Å². The normalized spacial score (nSPS) is 31.6. The fourth-order valence-corrected chi connectivity index (χ4v) is 4.73. The van der Waals surface area contributed by atoms with E-state index in [0.717, 1.165) is 42.5 Å². The van der Waals surface area contributed by atoms with Crippen LogP contribution in [0.4, 0.5) is 0 Å². The number of Topliss-reactive ketones (excluding diaryl/α,β-unsaturated/α-hetero) is 1. The van der Waals surface area contributed by atoms with Crippen LogP contribution in [0.3, 0.4) is 0 Å². The van der Waals surface area contributed by atoms with Crippen molar-refractivity contribution in [2.24, 2.45) is 17.8 Å². The van der Waals surface area contributed by atoms with Crippen molar-refractivity contribution in [2.75, 3.05) is 0 Å². The maximum atomic E-state index is 12.2. The van der Waals surface area contributed by atoms with E-state index in [4.69, 9.17) is 0 Å². The summed E-state index contributed by atoms with van der Waals surface area (Å²) in [5, 5.41) is 0. The summed E-state index contributed by atoms with van der Waals surface area (Å²) in [4.78, 5) is 24.2. The first-order chi connectivity index (χ1) is 9.72. The molecule has 0 aromatic carbocycles. The van der Waals surface area contributed by atoms with Gasteiger partial charge < -0.3 is 4.57 Å². The molecule has 3 atom stereocenters. The van der Waals surface area contributed by atoms with E-state index in [1.165, 1.54) is 25.7 Å². The Bertz CT molecular complexity index is 616. The Morgan fingerprint density at radius 2 is 2.00 bits per heavy atom. The molecule has 1 aromatic heterocycles. The van der Waals surface area contributed by atoms with Crippen LogP contribution in [-0.2, 0) is 13.0 Å². The number of nitrogens with zero attached hydrogens (tertiary/aromatic N) is 1. The number of hydrogen-bond donors (Lipinski definition) is 0. The summed E-state index contributed by atoms with van der Waals surface area (Å²) in [5.41, 5.74) is 1.90. The lowest BCUT2D eigenvalue weighted by molar-refractivity contribution is 0.0969. The molecule has 4 rings (SSSR count). The van der Waals surface area contributed by atoms with Crippen LogP contribution < -0.4 is 5.56 Å². The van der Waals surface area contributed by atoms with Gasteiger partial charge in [-0.3, -0.25) is 9.59 Å². The van der Waals surface area contributed by atoms with Gasteiger partial charge in [0.15, 0.2) is 5.78 Å². The van der Waals surface area contributed by atoms with Crippen LogP contribution in [0.25, 0.3) is 0 Å². The zero-order valence-electron chi connectivity index (χ0n) is 11.8. The molecule has 0 aliphatic heterocycles. The van der Waals surface area contributed by atoms with Crippen molar-refractivity contribution in [3.05, 3.63) is 33.7 Å². The molecule has 106 valence electrons. The molecule has 3 unspecified atom stereocenters. The van der Waals surface area contributed by atoms with Crippen LogP contribution in [-0.4, -0.2) is 10.4 Å². The zero-order chi connectivity index (χ0) is 13.7. The van der Waals surface area contributed by atoms with Crippen molar-refractivity contribution in [3.63, 3.8) is 0 Å². The minimum Gasteiger partial charge on any atom is -0.312 e. The monoisotopic (exact) mass is 271 g/mol. The minimum absolute atomic E-state index is 0.0845. The molecule has 0 amide bonds. The van der Waals surface area contributed by atoms with Gasteiger partial charge in [0.25, 0.3) is 5.56 Å². The zero-order valence-corrected chi connectivity index (χ0v) is 11.8. The molecule has 0 N–H and O–H groups in total. The first-order valence-corrected chi connectivity index (χ1v) is 7.98. The third kappa shape index (κ3) is 1.87.